The van der Waals surface area contributed by atoms with Crippen LogP contribution in [0.3, 0.4) is 0 Å². The second kappa shape index (κ2) is 10.6. The van der Waals surface area contributed by atoms with Crippen LogP contribution < -0.4 is 4.90 Å². The van der Waals surface area contributed by atoms with Crippen LogP contribution in [0.5, 0.6) is 0 Å². The smallest absolute Gasteiger partial charge is 0.142 e. The van der Waals surface area contributed by atoms with Gasteiger partial charge in [0, 0.05) is 18.8 Å². The molecule has 4 heterocycles. The van der Waals surface area contributed by atoms with Crippen LogP contribution in [0.25, 0.3) is 11.0 Å². The van der Waals surface area contributed by atoms with Gasteiger partial charge in [-0.15, -0.1) is 0 Å². The van der Waals surface area contributed by atoms with E-state index >= 15 is 0 Å². The summed E-state index contributed by atoms with van der Waals surface area (Å²) in [7, 11) is 0. The number of anilines is 1. The van der Waals surface area contributed by atoms with Crippen LogP contribution in [0.4, 0.5) is 5.82 Å². The predicted molar refractivity (Wildman–Crippen MR) is 114 cm³/mol. The lowest BCUT2D eigenvalue weighted by molar-refractivity contribution is 0.229. The van der Waals surface area contributed by atoms with E-state index in [9.17, 15) is 0 Å². The largest absolute Gasteiger partial charge is 0.353 e. The summed E-state index contributed by atoms with van der Waals surface area (Å²) >= 11 is 0. The molecule has 0 aromatic carbocycles. The fourth-order valence-electron chi connectivity index (χ4n) is 4.50. The molecule has 5 nitrogen and oxygen atoms in total. The van der Waals surface area contributed by atoms with Gasteiger partial charge in [-0.25, -0.2) is 9.97 Å². The van der Waals surface area contributed by atoms with Crippen molar-refractivity contribution in [2.24, 2.45) is 0 Å². The van der Waals surface area contributed by atoms with Crippen molar-refractivity contribution in [1.82, 2.24) is 19.9 Å². The molecule has 0 aliphatic carbocycles. The third kappa shape index (κ3) is 5.44. The normalized spacial score (nSPS) is 21.1. The zero-order valence-corrected chi connectivity index (χ0v) is 17.3. The first kappa shape index (κ1) is 20.1. The highest BCUT2D eigenvalue weighted by atomic mass is 15.2. The summed E-state index contributed by atoms with van der Waals surface area (Å²) in [5.74, 6) is 1.11. The Morgan fingerprint density at radius 2 is 1.81 bits per heavy atom. The summed E-state index contributed by atoms with van der Waals surface area (Å²) < 4.78 is 0. The number of fused-ring (bicyclic) bond motifs is 1. The van der Waals surface area contributed by atoms with Crippen molar-refractivity contribution in [3.63, 3.8) is 0 Å². The van der Waals surface area contributed by atoms with E-state index in [0.29, 0.717) is 6.04 Å². The number of nitrogens with zero attached hydrogens (tertiary/aromatic N) is 4. The average Bonchev–Trinajstić information content (AvgIpc) is 3.19. The van der Waals surface area contributed by atoms with Crippen molar-refractivity contribution in [1.29, 1.82) is 0 Å². The number of aromatic amines is 1. The van der Waals surface area contributed by atoms with E-state index in [0.717, 1.165) is 23.4 Å². The van der Waals surface area contributed by atoms with Crippen LogP contribution in [-0.2, 0) is 0 Å². The second-order valence-electron chi connectivity index (χ2n) is 7.97. The van der Waals surface area contributed by atoms with Gasteiger partial charge in [-0.1, -0.05) is 26.7 Å². The molecule has 2 aromatic rings. The maximum atomic E-state index is 4.53. The Kier molecular flexibility index (Phi) is 7.93. The third-order valence-electron chi connectivity index (χ3n) is 5.84. The first-order chi connectivity index (χ1) is 13.3. The molecule has 0 amide bonds. The number of rotatable bonds is 5. The molecule has 0 saturated carbocycles. The van der Waals surface area contributed by atoms with Gasteiger partial charge >= 0.3 is 0 Å². The Morgan fingerprint density at radius 1 is 1.00 bits per heavy atom. The van der Waals surface area contributed by atoms with Crippen LogP contribution in [0.15, 0.2) is 18.6 Å². The van der Waals surface area contributed by atoms with Crippen molar-refractivity contribution in [2.75, 3.05) is 31.1 Å². The molecule has 150 valence electrons. The molecule has 1 atom stereocenters. The highest BCUT2D eigenvalue weighted by Gasteiger charge is 2.24. The van der Waals surface area contributed by atoms with Gasteiger partial charge in [0.05, 0.1) is 5.39 Å². The zero-order chi connectivity index (χ0) is 18.9. The first-order valence-electron chi connectivity index (χ1n) is 11.1. The minimum Gasteiger partial charge on any atom is -0.353 e. The molecular formula is C22H37N5. The summed E-state index contributed by atoms with van der Waals surface area (Å²) in [6, 6.07) is 2.74. The second-order valence-corrected chi connectivity index (χ2v) is 7.97. The zero-order valence-electron chi connectivity index (χ0n) is 17.3. The average molecular weight is 372 g/mol. The Morgan fingerprint density at radius 3 is 2.59 bits per heavy atom. The summed E-state index contributed by atoms with van der Waals surface area (Å²) in [6.45, 7) is 9.68. The summed E-state index contributed by atoms with van der Waals surface area (Å²) in [5, 5.41) is 1.15. The van der Waals surface area contributed by atoms with Gasteiger partial charge in [-0.05, 0) is 70.6 Å². The van der Waals surface area contributed by atoms with E-state index in [4.69, 9.17) is 0 Å². The first-order valence-corrected chi connectivity index (χ1v) is 11.1. The quantitative estimate of drug-likeness (QED) is 0.803. The Labute approximate surface area is 164 Å². The molecule has 4 rings (SSSR count). The van der Waals surface area contributed by atoms with Crippen LogP contribution >= 0.6 is 0 Å². The van der Waals surface area contributed by atoms with Crippen LogP contribution in [0, 0.1) is 0 Å². The molecule has 2 aromatic heterocycles. The molecule has 2 saturated heterocycles. The molecule has 2 fully saturated rings. The van der Waals surface area contributed by atoms with E-state index in [1.54, 1.807) is 6.33 Å². The number of aromatic nitrogens is 3. The summed E-state index contributed by atoms with van der Waals surface area (Å²) in [6.07, 6.45) is 15.7. The molecule has 0 spiro atoms. The van der Waals surface area contributed by atoms with Gasteiger partial charge in [0.2, 0.25) is 0 Å². The number of piperidine rings is 2. The number of nitrogens with one attached hydrogen (secondary N) is 1. The molecule has 0 bridgehead atoms. The molecule has 2 aliphatic rings. The predicted octanol–water partition coefficient (Wildman–Crippen LogP) is 5.00. The van der Waals surface area contributed by atoms with Crippen LogP contribution in [0.1, 0.15) is 71.6 Å². The highest BCUT2D eigenvalue weighted by Crippen LogP contribution is 2.30. The Hall–Kier alpha value is -1.62. The van der Waals surface area contributed by atoms with Crippen molar-refractivity contribution in [3.05, 3.63) is 18.6 Å². The molecular weight excluding hydrogens is 334 g/mol. The van der Waals surface area contributed by atoms with Gasteiger partial charge in [0.15, 0.2) is 0 Å². The van der Waals surface area contributed by atoms with Gasteiger partial charge in [-0.2, -0.15) is 0 Å². The highest BCUT2D eigenvalue weighted by molar-refractivity contribution is 5.87. The minimum absolute atomic E-state index is 0.650. The van der Waals surface area contributed by atoms with E-state index in [-0.39, 0.29) is 0 Å². The van der Waals surface area contributed by atoms with Gasteiger partial charge in [0.1, 0.15) is 17.8 Å². The third-order valence-corrected chi connectivity index (χ3v) is 5.84. The molecule has 5 heteroatoms. The molecule has 0 radical (unpaired) electrons. The fraction of sp³-hybridized carbons (Fsp3) is 0.727. The maximum absolute atomic E-state index is 4.53. The summed E-state index contributed by atoms with van der Waals surface area (Å²) in [4.78, 5) is 17.0. The Balaban J connectivity index is 0.000000197. The van der Waals surface area contributed by atoms with Crippen LogP contribution in [-0.4, -0.2) is 52.1 Å². The Bertz CT molecular complexity index is 657. The van der Waals surface area contributed by atoms with E-state index in [2.05, 4.69) is 44.7 Å². The van der Waals surface area contributed by atoms with Crippen molar-refractivity contribution < 1.29 is 0 Å². The lowest BCUT2D eigenvalue weighted by atomic mass is 9.98. The molecule has 1 unspecified atom stereocenters. The maximum Gasteiger partial charge on any atom is 0.142 e. The lowest BCUT2D eigenvalue weighted by Crippen LogP contribution is -2.40. The van der Waals surface area contributed by atoms with Crippen molar-refractivity contribution in [3.8, 4) is 0 Å². The van der Waals surface area contributed by atoms with E-state index < -0.39 is 0 Å². The van der Waals surface area contributed by atoms with Crippen LogP contribution in [0.2, 0.25) is 0 Å². The van der Waals surface area contributed by atoms with Gasteiger partial charge < -0.3 is 14.8 Å². The molecule has 2 aliphatic heterocycles. The number of H-pyrrole nitrogens is 1. The summed E-state index contributed by atoms with van der Waals surface area (Å²) in [5.41, 5.74) is 0.945. The fourth-order valence-corrected chi connectivity index (χ4v) is 4.50. The van der Waals surface area contributed by atoms with Gasteiger partial charge in [0.25, 0.3) is 0 Å². The number of hydrogen-bond acceptors (Lipinski definition) is 4. The van der Waals surface area contributed by atoms with Crippen molar-refractivity contribution in [2.45, 2.75) is 77.7 Å². The topological polar surface area (TPSA) is 48.1 Å². The number of likely N-dealkylation sites (tertiary alicyclic amines) is 1. The number of hydrogen-bond donors (Lipinski definition) is 1. The monoisotopic (exact) mass is 371 g/mol. The SMILES string of the molecule is CCCC1CCCCN1c1ncnc2[nH]ccc12.CCCN1CCCCC1. The molecule has 1 N–H and O–H groups in total. The van der Waals surface area contributed by atoms with E-state index in [1.807, 2.05) is 6.20 Å². The standard InChI is InChI=1S/C14H20N4.C8H17N/c1-2-5-11-6-3-4-9-18(11)14-12-7-8-15-13(12)16-10-17-14;1-2-6-9-7-4-3-5-8-9/h7-8,10-11H,2-6,9H2,1H3,(H,15,16,17);2-8H2,1H3. The minimum atomic E-state index is 0.650. The lowest BCUT2D eigenvalue weighted by Gasteiger charge is -2.36. The van der Waals surface area contributed by atoms with E-state index in [1.165, 1.54) is 77.4 Å². The van der Waals surface area contributed by atoms with Gasteiger partial charge in [-0.3, -0.25) is 0 Å². The van der Waals surface area contributed by atoms with Crippen molar-refractivity contribution >= 4 is 16.9 Å². The molecule has 27 heavy (non-hydrogen) atoms.